The Morgan fingerprint density at radius 3 is 2.50 bits per heavy atom. The fraction of sp³-hybridized carbons (Fsp3) is 0.609. The maximum absolute atomic E-state index is 13.6. The van der Waals surface area contributed by atoms with E-state index < -0.39 is 0 Å². The summed E-state index contributed by atoms with van der Waals surface area (Å²) in [5.41, 5.74) is 2.52. The van der Waals surface area contributed by atoms with Crippen LogP contribution in [0.2, 0.25) is 0 Å². The number of allylic oxidation sites excluding steroid dienone is 1. The van der Waals surface area contributed by atoms with Gasteiger partial charge in [0, 0.05) is 38.8 Å². The molecule has 3 rings (SSSR count). The van der Waals surface area contributed by atoms with Crippen molar-refractivity contribution in [2.75, 3.05) is 45.9 Å². The molecule has 1 aromatic carbocycles. The monoisotopic (exact) mass is 388 g/mol. The van der Waals surface area contributed by atoms with Crippen molar-refractivity contribution in [2.45, 2.75) is 33.6 Å². The first-order chi connectivity index (χ1) is 13.4. The Kier molecular flexibility index (Phi) is 7.24. The Balaban J connectivity index is 1.60. The molecule has 0 atom stereocenters. The molecule has 0 aromatic heterocycles. The van der Waals surface area contributed by atoms with Gasteiger partial charge in [0.15, 0.2) is 0 Å². The lowest BCUT2D eigenvalue weighted by Gasteiger charge is -2.35. The van der Waals surface area contributed by atoms with Crippen LogP contribution >= 0.6 is 0 Å². The Hall–Kier alpha value is -1.72. The van der Waals surface area contributed by atoms with Gasteiger partial charge in [-0.3, -0.25) is 9.69 Å². The lowest BCUT2D eigenvalue weighted by atomic mass is 9.92. The van der Waals surface area contributed by atoms with Crippen LogP contribution < -0.4 is 0 Å². The van der Waals surface area contributed by atoms with Gasteiger partial charge in [-0.05, 0) is 60.4 Å². The topological polar surface area (TPSA) is 32.8 Å². The van der Waals surface area contributed by atoms with Gasteiger partial charge in [0.1, 0.15) is 5.82 Å². The summed E-state index contributed by atoms with van der Waals surface area (Å²) in [4.78, 5) is 17.3. The fourth-order valence-electron chi connectivity index (χ4n) is 4.12. The van der Waals surface area contributed by atoms with Crippen molar-refractivity contribution >= 4 is 11.5 Å². The van der Waals surface area contributed by atoms with E-state index in [4.69, 9.17) is 4.74 Å². The first-order valence-corrected chi connectivity index (χ1v) is 10.5. The van der Waals surface area contributed by atoms with Crippen LogP contribution in [0.1, 0.15) is 37.8 Å². The number of benzene rings is 1. The van der Waals surface area contributed by atoms with Crippen molar-refractivity contribution in [1.82, 2.24) is 9.80 Å². The van der Waals surface area contributed by atoms with E-state index in [1.165, 1.54) is 6.07 Å². The third-order valence-electron chi connectivity index (χ3n) is 5.94. The summed E-state index contributed by atoms with van der Waals surface area (Å²) in [7, 11) is 0. The van der Waals surface area contributed by atoms with Crippen molar-refractivity contribution in [1.29, 1.82) is 0 Å². The van der Waals surface area contributed by atoms with Crippen LogP contribution in [-0.4, -0.2) is 61.6 Å². The van der Waals surface area contributed by atoms with Crippen LogP contribution in [0.15, 0.2) is 24.3 Å². The third kappa shape index (κ3) is 5.42. The highest BCUT2D eigenvalue weighted by Crippen LogP contribution is 2.26. The Bertz CT molecular complexity index is 703. The average Bonchev–Trinajstić information content (AvgIpc) is 2.69. The summed E-state index contributed by atoms with van der Waals surface area (Å²) in [5, 5.41) is 0. The molecule has 4 nitrogen and oxygen atoms in total. The number of ether oxygens (including phenoxy) is 1. The number of hydrogen-bond donors (Lipinski definition) is 0. The molecule has 154 valence electrons. The smallest absolute Gasteiger partial charge is 0.246 e. The molecule has 2 saturated heterocycles. The Morgan fingerprint density at radius 1 is 1.21 bits per heavy atom. The number of halogens is 1. The van der Waals surface area contributed by atoms with Crippen LogP contribution in [0.25, 0.3) is 5.57 Å². The normalized spacial score (nSPS) is 20.0. The number of piperidine rings is 1. The second-order valence-corrected chi connectivity index (χ2v) is 8.40. The predicted octanol–water partition coefficient (Wildman–Crippen LogP) is 3.74. The number of carbonyl (C=O) groups is 1. The Morgan fingerprint density at radius 2 is 1.89 bits per heavy atom. The quantitative estimate of drug-likeness (QED) is 0.721. The molecular weight excluding hydrogens is 355 g/mol. The first kappa shape index (κ1) is 21.0. The molecule has 2 aliphatic heterocycles. The van der Waals surface area contributed by atoms with Crippen molar-refractivity contribution in [2.24, 2.45) is 11.8 Å². The minimum atomic E-state index is -0.208. The van der Waals surface area contributed by atoms with Gasteiger partial charge in [-0.1, -0.05) is 19.9 Å². The van der Waals surface area contributed by atoms with Crippen molar-refractivity contribution in [3.05, 3.63) is 41.2 Å². The summed E-state index contributed by atoms with van der Waals surface area (Å²) >= 11 is 0. The van der Waals surface area contributed by atoms with E-state index in [1.807, 2.05) is 11.0 Å². The molecule has 2 heterocycles. The lowest BCUT2D eigenvalue weighted by Crippen LogP contribution is -2.44. The van der Waals surface area contributed by atoms with Crippen molar-refractivity contribution in [3.63, 3.8) is 0 Å². The predicted molar refractivity (Wildman–Crippen MR) is 111 cm³/mol. The van der Waals surface area contributed by atoms with E-state index in [1.54, 1.807) is 19.1 Å². The van der Waals surface area contributed by atoms with Crippen LogP contribution in [0.5, 0.6) is 0 Å². The van der Waals surface area contributed by atoms with Crippen LogP contribution in [0.4, 0.5) is 4.39 Å². The molecule has 0 saturated carbocycles. The van der Waals surface area contributed by atoms with Gasteiger partial charge in [-0.15, -0.1) is 0 Å². The number of amides is 1. The Labute approximate surface area is 168 Å². The highest BCUT2D eigenvalue weighted by atomic mass is 19.1. The van der Waals surface area contributed by atoms with Gasteiger partial charge in [0.2, 0.25) is 5.91 Å². The molecule has 1 amide bonds. The number of likely N-dealkylation sites (tertiary alicyclic amines) is 1. The summed E-state index contributed by atoms with van der Waals surface area (Å²) < 4.78 is 19.0. The third-order valence-corrected chi connectivity index (χ3v) is 5.94. The molecule has 0 radical (unpaired) electrons. The molecule has 0 unspecified atom stereocenters. The largest absolute Gasteiger partial charge is 0.379 e. The molecule has 0 aliphatic carbocycles. The zero-order valence-electron chi connectivity index (χ0n) is 17.4. The van der Waals surface area contributed by atoms with Gasteiger partial charge >= 0.3 is 0 Å². The maximum Gasteiger partial charge on any atom is 0.246 e. The average molecular weight is 389 g/mol. The minimum Gasteiger partial charge on any atom is -0.379 e. The number of carbonyl (C=O) groups excluding carboxylic acids is 1. The highest BCUT2D eigenvalue weighted by Gasteiger charge is 2.24. The zero-order valence-corrected chi connectivity index (χ0v) is 17.4. The van der Waals surface area contributed by atoms with E-state index in [9.17, 15) is 9.18 Å². The summed E-state index contributed by atoms with van der Waals surface area (Å²) in [6, 6.07) is 5.10. The van der Waals surface area contributed by atoms with E-state index in [0.717, 1.165) is 69.9 Å². The second-order valence-electron chi connectivity index (χ2n) is 8.40. The molecular formula is C23H33FN2O2. The number of aryl methyl sites for hydroxylation is 1. The van der Waals surface area contributed by atoms with Gasteiger partial charge < -0.3 is 9.64 Å². The van der Waals surface area contributed by atoms with Crippen LogP contribution in [-0.2, 0) is 9.53 Å². The molecule has 5 heteroatoms. The number of nitrogens with zero attached hydrogens (tertiary/aromatic N) is 2. The molecule has 0 N–H and O–H groups in total. The lowest BCUT2D eigenvalue weighted by molar-refractivity contribution is -0.127. The number of morpholine rings is 1. The molecule has 2 fully saturated rings. The van der Waals surface area contributed by atoms with E-state index in [-0.39, 0.29) is 17.6 Å². The summed E-state index contributed by atoms with van der Waals surface area (Å²) in [6.07, 6.45) is 3.88. The minimum absolute atomic E-state index is 0.0792. The van der Waals surface area contributed by atoms with Gasteiger partial charge in [-0.25, -0.2) is 4.39 Å². The second kappa shape index (κ2) is 9.66. The van der Waals surface area contributed by atoms with Crippen molar-refractivity contribution in [3.8, 4) is 0 Å². The van der Waals surface area contributed by atoms with E-state index in [0.29, 0.717) is 11.5 Å². The molecule has 2 aliphatic rings. The summed E-state index contributed by atoms with van der Waals surface area (Å²) in [5.74, 6) is 0.735. The summed E-state index contributed by atoms with van der Waals surface area (Å²) in [6.45, 7) is 12.4. The zero-order chi connectivity index (χ0) is 20.1. The van der Waals surface area contributed by atoms with E-state index in [2.05, 4.69) is 18.7 Å². The highest BCUT2D eigenvalue weighted by molar-refractivity contribution is 5.95. The molecule has 0 spiro atoms. The number of rotatable bonds is 5. The maximum atomic E-state index is 13.6. The van der Waals surface area contributed by atoms with Gasteiger partial charge in [-0.2, -0.15) is 0 Å². The molecule has 1 aromatic rings. The first-order valence-electron chi connectivity index (χ1n) is 10.5. The molecule has 0 bridgehead atoms. The standard InChI is InChI=1S/C23H33FN2O2/c1-17(2)21(20-4-5-22(24)18(3)14-20)15-23(27)26-8-6-19(7-9-26)16-25-10-12-28-13-11-25/h4-5,14-15,17,19H,6-13,16H2,1-3H3/b21-15+. The van der Waals surface area contributed by atoms with Crippen LogP contribution in [0, 0.1) is 24.6 Å². The van der Waals surface area contributed by atoms with Gasteiger partial charge in [0.05, 0.1) is 13.2 Å². The van der Waals surface area contributed by atoms with Crippen LogP contribution in [0.3, 0.4) is 0 Å². The fourth-order valence-corrected chi connectivity index (χ4v) is 4.12. The van der Waals surface area contributed by atoms with E-state index >= 15 is 0 Å². The SMILES string of the molecule is Cc1cc(/C(=C/C(=O)N2CCC(CN3CCOCC3)CC2)C(C)C)ccc1F. The molecule has 28 heavy (non-hydrogen) atoms. The van der Waals surface area contributed by atoms with Gasteiger partial charge in [0.25, 0.3) is 0 Å². The number of hydrogen-bond acceptors (Lipinski definition) is 3. The van der Waals surface area contributed by atoms with Crippen molar-refractivity contribution < 1.29 is 13.9 Å².